The summed E-state index contributed by atoms with van der Waals surface area (Å²) in [7, 11) is 0. The highest BCUT2D eigenvalue weighted by Crippen LogP contribution is 2.10. The van der Waals surface area contributed by atoms with Gasteiger partial charge in [0.25, 0.3) is 0 Å². The van der Waals surface area contributed by atoms with Crippen LogP contribution in [0.4, 0.5) is 0 Å². The molecular formula is C10H17NO2. The minimum Gasteiger partial charge on any atom is -0.317 e. The Hall–Kier alpha value is -1.12. The fourth-order valence-corrected chi connectivity index (χ4v) is 1.15. The number of carbonyl (C=O) groups is 2. The van der Waals surface area contributed by atoms with Crippen molar-refractivity contribution in [3.8, 4) is 0 Å². The fraction of sp³-hybridized carbons (Fsp3) is 0.600. The molecule has 0 unspecified atom stereocenters. The van der Waals surface area contributed by atoms with E-state index >= 15 is 0 Å². The SMILES string of the molecule is CCN(C(C)=O)C(C)=C(C)C(C)=O. The number of ketones is 1. The summed E-state index contributed by atoms with van der Waals surface area (Å²) < 4.78 is 0. The van der Waals surface area contributed by atoms with E-state index in [1.807, 2.05) is 6.92 Å². The summed E-state index contributed by atoms with van der Waals surface area (Å²) >= 11 is 0. The monoisotopic (exact) mass is 183 g/mol. The molecule has 74 valence electrons. The van der Waals surface area contributed by atoms with E-state index in [2.05, 4.69) is 0 Å². The van der Waals surface area contributed by atoms with Crippen LogP contribution in [0.1, 0.15) is 34.6 Å². The van der Waals surface area contributed by atoms with E-state index in [0.717, 1.165) is 5.70 Å². The predicted octanol–water partition coefficient (Wildman–Crippen LogP) is 1.74. The summed E-state index contributed by atoms with van der Waals surface area (Å²) in [6, 6.07) is 0. The number of Topliss-reactive ketones (excluding diaryl/α,β-unsaturated/α-hetero) is 1. The van der Waals surface area contributed by atoms with Gasteiger partial charge in [-0.1, -0.05) is 0 Å². The highest BCUT2D eigenvalue weighted by molar-refractivity contribution is 5.94. The van der Waals surface area contributed by atoms with Gasteiger partial charge >= 0.3 is 0 Å². The van der Waals surface area contributed by atoms with E-state index in [0.29, 0.717) is 12.1 Å². The summed E-state index contributed by atoms with van der Waals surface area (Å²) in [5, 5.41) is 0. The summed E-state index contributed by atoms with van der Waals surface area (Å²) in [5.74, 6) is -0.0159. The highest BCUT2D eigenvalue weighted by atomic mass is 16.2. The maximum atomic E-state index is 11.1. The van der Waals surface area contributed by atoms with Crippen LogP contribution in [0.3, 0.4) is 0 Å². The van der Waals surface area contributed by atoms with Crippen LogP contribution >= 0.6 is 0 Å². The number of carbonyl (C=O) groups excluding carboxylic acids is 2. The van der Waals surface area contributed by atoms with Crippen LogP contribution in [0.25, 0.3) is 0 Å². The quantitative estimate of drug-likeness (QED) is 0.625. The predicted molar refractivity (Wildman–Crippen MR) is 52.1 cm³/mol. The molecule has 0 aromatic carbocycles. The van der Waals surface area contributed by atoms with Gasteiger partial charge in [0, 0.05) is 24.7 Å². The van der Waals surface area contributed by atoms with Crippen LogP contribution in [0, 0.1) is 0 Å². The van der Waals surface area contributed by atoms with Gasteiger partial charge in [-0.05, 0) is 27.7 Å². The van der Waals surface area contributed by atoms with Gasteiger partial charge in [-0.25, -0.2) is 0 Å². The topological polar surface area (TPSA) is 37.4 Å². The van der Waals surface area contributed by atoms with Crippen LogP contribution < -0.4 is 0 Å². The van der Waals surface area contributed by atoms with Gasteiger partial charge in [0.1, 0.15) is 0 Å². The molecule has 1 amide bonds. The molecule has 0 aliphatic carbocycles. The minimum atomic E-state index is -0.0272. The first-order valence-corrected chi connectivity index (χ1v) is 4.38. The largest absolute Gasteiger partial charge is 0.317 e. The Labute approximate surface area is 79.4 Å². The van der Waals surface area contributed by atoms with E-state index in [1.165, 1.54) is 13.8 Å². The van der Waals surface area contributed by atoms with Crippen LogP contribution in [0.5, 0.6) is 0 Å². The molecule has 0 N–H and O–H groups in total. The van der Waals surface area contributed by atoms with Crippen molar-refractivity contribution < 1.29 is 9.59 Å². The van der Waals surface area contributed by atoms with E-state index in [-0.39, 0.29) is 11.7 Å². The molecule has 0 bridgehead atoms. The van der Waals surface area contributed by atoms with Crippen molar-refractivity contribution in [1.82, 2.24) is 4.90 Å². The number of nitrogens with zero attached hydrogens (tertiary/aromatic N) is 1. The number of allylic oxidation sites excluding steroid dienone is 2. The molecule has 0 radical (unpaired) electrons. The second kappa shape index (κ2) is 4.80. The Balaban J connectivity index is 4.92. The molecule has 0 aliphatic rings. The molecule has 3 nitrogen and oxygen atoms in total. The Morgan fingerprint density at radius 3 is 1.77 bits per heavy atom. The first kappa shape index (κ1) is 11.9. The van der Waals surface area contributed by atoms with Crippen molar-refractivity contribution >= 4 is 11.7 Å². The first-order valence-electron chi connectivity index (χ1n) is 4.38. The summed E-state index contributed by atoms with van der Waals surface area (Å²) in [6.45, 7) is 9.03. The summed E-state index contributed by atoms with van der Waals surface area (Å²) in [6.07, 6.45) is 0. The van der Waals surface area contributed by atoms with Gasteiger partial charge < -0.3 is 4.90 Å². The van der Waals surface area contributed by atoms with E-state index in [4.69, 9.17) is 0 Å². The number of hydrogen-bond donors (Lipinski definition) is 0. The zero-order valence-corrected chi connectivity index (χ0v) is 8.97. The molecule has 0 fully saturated rings. The van der Waals surface area contributed by atoms with Crippen molar-refractivity contribution in [2.24, 2.45) is 0 Å². The maximum Gasteiger partial charge on any atom is 0.223 e. The third-order valence-electron chi connectivity index (χ3n) is 2.17. The van der Waals surface area contributed by atoms with Gasteiger partial charge in [-0.15, -0.1) is 0 Å². The van der Waals surface area contributed by atoms with Gasteiger partial charge in [0.2, 0.25) is 5.91 Å². The lowest BCUT2D eigenvalue weighted by Gasteiger charge is -2.21. The van der Waals surface area contributed by atoms with Crippen molar-refractivity contribution in [3.63, 3.8) is 0 Å². The second-order valence-electron chi connectivity index (χ2n) is 3.03. The van der Waals surface area contributed by atoms with Crippen LogP contribution in [-0.2, 0) is 9.59 Å². The van der Waals surface area contributed by atoms with Crippen molar-refractivity contribution in [2.45, 2.75) is 34.6 Å². The molecule has 0 aromatic heterocycles. The van der Waals surface area contributed by atoms with Crippen molar-refractivity contribution in [3.05, 3.63) is 11.3 Å². The lowest BCUT2D eigenvalue weighted by molar-refractivity contribution is -0.126. The third-order valence-corrected chi connectivity index (χ3v) is 2.17. The molecular weight excluding hydrogens is 166 g/mol. The average molecular weight is 183 g/mol. The number of amides is 1. The van der Waals surface area contributed by atoms with Crippen LogP contribution in [-0.4, -0.2) is 23.1 Å². The third kappa shape index (κ3) is 3.01. The molecule has 0 saturated carbocycles. The van der Waals surface area contributed by atoms with Crippen molar-refractivity contribution in [2.75, 3.05) is 6.54 Å². The van der Waals surface area contributed by atoms with Gasteiger partial charge in [0.15, 0.2) is 5.78 Å². The zero-order valence-electron chi connectivity index (χ0n) is 8.97. The Morgan fingerprint density at radius 2 is 1.54 bits per heavy atom. The lowest BCUT2D eigenvalue weighted by Crippen LogP contribution is -2.28. The van der Waals surface area contributed by atoms with Crippen LogP contribution in [0.2, 0.25) is 0 Å². The standard InChI is InChI=1S/C10H17NO2/c1-6-11(10(5)13)8(3)7(2)9(4)12/h6H2,1-5H3. The molecule has 0 spiro atoms. The molecule has 0 aliphatic heterocycles. The highest BCUT2D eigenvalue weighted by Gasteiger charge is 2.12. The smallest absolute Gasteiger partial charge is 0.223 e. The van der Waals surface area contributed by atoms with E-state index < -0.39 is 0 Å². The minimum absolute atomic E-state index is 0.0113. The van der Waals surface area contributed by atoms with E-state index in [9.17, 15) is 9.59 Å². The lowest BCUT2D eigenvalue weighted by atomic mass is 10.1. The second-order valence-corrected chi connectivity index (χ2v) is 3.03. The molecule has 3 heteroatoms. The van der Waals surface area contributed by atoms with Crippen molar-refractivity contribution in [1.29, 1.82) is 0 Å². The Kier molecular flexibility index (Phi) is 4.38. The average Bonchev–Trinajstić information content (AvgIpc) is 2.03. The molecule has 0 heterocycles. The Bertz CT molecular complexity index is 254. The molecule has 0 saturated heterocycles. The zero-order chi connectivity index (χ0) is 10.6. The van der Waals surface area contributed by atoms with Gasteiger partial charge in [0.05, 0.1) is 0 Å². The number of hydrogen-bond acceptors (Lipinski definition) is 2. The number of rotatable bonds is 3. The summed E-state index contributed by atoms with van der Waals surface area (Å²) in [4.78, 5) is 23.8. The molecule has 0 atom stereocenters. The Morgan fingerprint density at radius 1 is 1.08 bits per heavy atom. The van der Waals surface area contributed by atoms with E-state index in [1.54, 1.807) is 18.7 Å². The fourth-order valence-electron chi connectivity index (χ4n) is 1.15. The molecule has 0 rings (SSSR count). The maximum absolute atomic E-state index is 11.1. The summed E-state index contributed by atoms with van der Waals surface area (Å²) in [5.41, 5.74) is 1.40. The van der Waals surface area contributed by atoms with Crippen LogP contribution in [0.15, 0.2) is 11.3 Å². The van der Waals surface area contributed by atoms with Gasteiger partial charge in [-0.2, -0.15) is 0 Å². The molecule has 0 aromatic rings. The van der Waals surface area contributed by atoms with Gasteiger partial charge in [-0.3, -0.25) is 9.59 Å². The molecule has 13 heavy (non-hydrogen) atoms. The first-order chi connectivity index (χ1) is 5.91. The normalized spacial score (nSPS) is 12.1.